The van der Waals surface area contributed by atoms with Gasteiger partial charge in [0.2, 0.25) is 11.6 Å². The Morgan fingerprint density at radius 2 is 1.76 bits per heavy atom. The molecule has 0 saturated carbocycles. The van der Waals surface area contributed by atoms with E-state index in [4.69, 9.17) is 4.74 Å². The molecule has 2 aromatic carbocycles. The third-order valence-electron chi connectivity index (χ3n) is 3.88. The van der Waals surface area contributed by atoms with Gasteiger partial charge in [-0.15, -0.1) is 0 Å². The maximum atomic E-state index is 12.0. The zero-order valence-electron chi connectivity index (χ0n) is 15.5. The van der Waals surface area contributed by atoms with Gasteiger partial charge in [-0.1, -0.05) is 36.4 Å². The van der Waals surface area contributed by atoms with Gasteiger partial charge < -0.3 is 9.64 Å². The van der Waals surface area contributed by atoms with Gasteiger partial charge in [-0.2, -0.15) is 0 Å². The van der Waals surface area contributed by atoms with E-state index in [-0.39, 0.29) is 23.9 Å². The minimum atomic E-state index is -0.607. The third kappa shape index (κ3) is 4.95. The normalized spacial score (nSPS) is 10.1. The third-order valence-corrected chi connectivity index (χ3v) is 3.88. The SMILES string of the molecule is CN(c1ccccc1)c1ncnc(NNC(=O)COc2ccccc2)c1[N+](=O)[O-]. The lowest BCUT2D eigenvalue weighted by Crippen LogP contribution is -2.34. The van der Waals surface area contributed by atoms with Crippen LogP contribution >= 0.6 is 0 Å². The molecule has 1 amide bonds. The smallest absolute Gasteiger partial charge is 0.355 e. The van der Waals surface area contributed by atoms with Crippen LogP contribution in [0.25, 0.3) is 0 Å². The van der Waals surface area contributed by atoms with E-state index in [1.165, 1.54) is 6.33 Å². The Balaban J connectivity index is 1.72. The number of nitrogens with zero attached hydrogens (tertiary/aromatic N) is 4. The van der Waals surface area contributed by atoms with Crippen molar-refractivity contribution in [3.8, 4) is 5.75 Å². The molecule has 10 heteroatoms. The minimum Gasteiger partial charge on any atom is -0.484 e. The van der Waals surface area contributed by atoms with Crippen molar-refractivity contribution in [2.45, 2.75) is 0 Å². The van der Waals surface area contributed by atoms with E-state index in [0.29, 0.717) is 11.4 Å². The summed E-state index contributed by atoms with van der Waals surface area (Å²) in [4.78, 5) is 32.5. The molecule has 0 saturated heterocycles. The monoisotopic (exact) mass is 394 g/mol. The molecule has 3 aromatic rings. The predicted octanol–water partition coefficient (Wildman–Crippen LogP) is 2.67. The standard InChI is InChI=1S/C19H18N6O4/c1-24(14-8-4-2-5-9-14)19-17(25(27)28)18(20-13-21-19)23-22-16(26)12-29-15-10-6-3-7-11-15/h2-11,13H,12H2,1H3,(H,22,26)(H,20,21,23). The maximum Gasteiger partial charge on any atom is 0.355 e. The topological polar surface area (TPSA) is 123 Å². The van der Waals surface area contributed by atoms with Gasteiger partial charge in [-0.3, -0.25) is 25.8 Å². The Bertz CT molecular complexity index is 985. The summed E-state index contributed by atoms with van der Waals surface area (Å²) in [5.74, 6) is -0.0634. The highest BCUT2D eigenvalue weighted by atomic mass is 16.6. The van der Waals surface area contributed by atoms with Crippen molar-refractivity contribution in [3.05, 3.63) is 77.1 Å². The Morgan fingerprint density at radius 1 is 1.10 bits per heavy atom. The van der Waals surface area contributed by atoms with Crippen molar-refractivity contribution < 1.29 is 14.5 Å². The summed E-state index contributed by atoms with van der Waals surface area (Å²) in [5.41, 5.74) is 5.16. The van der Waals surface area contributed by atoms with Crippen LogP contribution in [0.1, 0.15) is 0 Å². The van der Waals surface area contributed by atoms with E-state index in [1.807, 2.05) is 24.3 Å². The van der Waals surface area contributed by atoms with Crippen LogP contribution in [0, 0.1) is 10.1 Å². The zero-order valence-corrected chi connectivity index (χ0v) is 15.5. The average molecular weight is 394 g/mol. The lowest BCUT2D eigenvalue weighted by molar-refractivity contribution is -0.383. The molecule has 0 spiro atoms. The van der Waals surface area contributed by atoms with Crippen LogP contribution in [-0.4, -0.2) is 34.5 Å². The molecule has 0 aliphatic heterocycles. The van der Waals surface area contributed by atoms with E-state index in [9.17, 15) is 14.9 Å². The molecule has 0 atom stereocenters. The lowest BCUT2D eigenvalue weighted by Gasteiger charge is -2.19. The summed E-state index contributed by atoms with van der Waals surface area (Å²) < 4.78 is 5.33. The fraction of sp³-hybridized carbons (Fsp3) is 0.105. The number of carbonyl (C=O) groups is 1. The van der Waals surface area contributed by atoms with E-state index in [1.54, 1.807) is 48.3 Å². The van der Waals surface area contributed by atoms with E-state index < -0.39 is 10.8 Å². The Morgan fingerprint density at radius 3 is 2.41 bits per heavy atom. The van der Waals surface area contributed by atoms with Gasteiger partial charge in [0.25, 0.3) is 5.91 Å². The first-order valence-electron chi connectivity index (χ1n) is 8.57. The highest BCUT2D eigenvalue weighted by Crippen LogP contribution is 2.34. The van der Waals surface area contributed by atoms with E-state index >= 15 is 0 Å². The van der Waals surface area contributed by atoms with Gasteiger partial charge in [-0.25, -0.2) is 9.97 Å². The van der Waals surface area contributed by atoms with Crippen LogP contribution in [0.3, 0.4) is 0 Å². The fourth-order valence-corrected chi connectivity index (χ4v) is 2.48. The zero-order chi connectivity index (χ0) is 20.6. The average Bonchev–Trinajstić information content (AvgIpc) is 2.76. The van der Waals surface area contributed by atoms with Crippen molar-refractivity contribution in [2.75, 3.05) is 24.0 Å². The number of benzene rings is 2. The number of hydrazine groups is 1. The molecule has 3 rings (SSSR count). The number of nitrogens with one attached hydrogen (secondary N) is 2. The second-order valence-electron chi connectivity index (χ2n) is 5.82. The molecule has 29 heavy (non-hydrogen) atoms. The number of anilines is 3. The van der Waals surface area contributed by atoms with E-state index in [2.05, 4.69) is 20.8 Å². The highest BCUT2D eigenvalue weighted by molar-refractivity contribution is 5.81. The van der Waals surface area contributed by atoms with Gasteiger partial charge in [-0.05, 0) is 24.3 Å². The summed E-state index contributed by atoms with van der Waals surface area (Å²) in [6, 6.07) is 17.8. The van der Waals surface area contributed by atoms with Crippen LogP contribution in [-0.2, 0) is 4.79 Å². The molecule has 0 aliphatic carbocycles. The molecule has 10 nitrogen and oxygen atoms in total. The van der Waals surface area contributed by atoms with Crippen LogP contribution in [0.4, 0.5) is 23.0 Å². The number of hydrogen-bond donors (Lipinski definition) is 2. The number of rotatable bonds is 8. The molecule has 0 unspecified atom stereocenters. The van der Waals surface area contributed by atoms with Crippen LogP contribution < -0.4 is 20.5 Å². The van der Waals surface area contributed by atoms with Gasteiger partial charge in [0.1, 0.15) is 12.1 Å². The lowest BCUT2D eigenvalue weighted by atomic mass is 10.3. The molecule has 1 heterocycles. The molecular formula is C19H18N6O4. The van der Waals surface area contributed by atoms with Crippen molar-refractivity contribution in [3.63, 3.8) is 0 Å². The summed E-state index contributed by atoms with van der Waals surface area (Å²) >= 11 is 0. The number of amides is 1. The molecular weight excluding hydrogens is 376 g/mol. The fourth-order valence-electron chi connectivity index (χ4n) is 2.48. The van der Waals surface area contributed by atoms with Gasteiger partial charge >= 0.3 is 5.69 Å². The van der Waals surface area contributed by atoms with Crippen LogP contribution in [0.2, 0.25) is 0 Å². The first kappa shape index (κ1) is 19.5. The largest absolute Gasteiger partial charge is 0.484 e. The van der Waals surface area contributed by atoms with Crippen molar-refractivity contribution >= 4 is 28.9 Å². The predicted molar refractivity (Wildman–Crippen MR) is 107 cm³/mol. The quantitative estimate of drug-likeness (QED) is 0.442. The summed E-state index contributed by atoms with van der Waals surface area (Å²) in [5, 5.41) is 11.7. The van der Waals surface area contributed by atoms with Crippen molar-refractivity contribution in [2.24, 2.45) is 0 Å². The molecule has 0 bridgehead atoms. The number of aromatic nitrogens is 2. The van der Waals surface area contributed by atoms with Gasteiger partial charge in [0.05, 0.1) is 4.92 Å². The number of ether oxygens (including phenoxy) is 1. The molecule has 2 N–H and O–H groups in total. The highest BCUT2D eigenvalue weighted by Gasteiger charge is 2.26. The number of nitro groups is 1. The molecule has 0 aliphatic rings. The first-order chi connectivity index (χ1) is 14.1. The molecule has 0 radical (unpaired) electrons. The molecule has 1 aromatic heterocycles. The first-order valence-corrected chi connectivity index (χ1v) is 8.57. The minimum absolute atomic E-state index is 0.0773. The number of para-hydroxylation sites is 2. The van der Waals surface area contributed by atoms with Crippen molar-refractivity contribution in [1.82, 2.24) is 15.4 Å². The summed E-state index contributed by atoms with van der Waals surface area (Å²) in [6.07, 6.45) is 1.18. The Labute approximate surface area is 166 Å². The number of hydrogen-bond acceptors (Lipinski definition) is 8. The van der Waals surface area contributed by atoms with Crippen molar-refractivity contribution in [1.29, 1.82) is 0 Å². The van der Waals surface area contributed by atoms with Gasteiger partial charge in [0.15, 0.2) is 6.61 Å². The Hall–Kier alpha value is -4.21. The van der Waals surface area contributed by atoms with Gasteiger partial charge in [0, 0.05) is 12.7 Å². The van der Waals surface area contributed by atoms with E-state index in [0.717, 1.165) is 0 Å². The summed E-state index contributed by atoms with van der Waals surface area (Å²) in [7, 11) is 1.65. The second kappa shape index (κ2) is 9.13. The molecule has 0 fully saturated rings. The Kier molecular flexibility index (Phi) is 6.15. The number of carbonyl (C=O) groups excluding carboxylic acids is 1. The second-order valence-corrected chi connectivity index (χ2v) is 5.82. The van der Waals surface area contributed by atoms with Crippen LogP contribution in [0.5, 0.6) is 5.75 Å². The molecule has 148 valence electrons. The summed E-state index contributed by atoms with van der Waals surface area (Å²) in [6.45, 7) is -0.271. The van der Waals surface area contributed by atoms with Crippen LogP contribution in [0.15, 0.2) is 67.0 Å². The maximum absolute atomic E-state index is 12.0.